The maximum Gasteiger partial charge on any atom is 0.409 e. The summed E-state index contributed by atoms with van der Waals surface area (Å²) < 4.78 is 13.3. The van der Waals surface area contributed by atoms with Crippen LogP contribution in [0.25, 0.3) is 10.9 Å². The summed E-state index contributed by atoms with van der Waals surface area (Å²) >= 11 is 1.79. The van der Waals surface area contributed by atoms with Crippen LogP contribution in [0.5, 0.6) is 5.75 Å². The predicted octanol–water partition coefficient (Wildman–Crippen LogP) is 5.49. The second-order valence-electron chi connectivity index (χ2n) is 7.36. The van der Waals surface area contributed by atoms with Gasteiger partial charge in [-0.3, -0.25) is 0 Å². The van der Waals surface area contributed by atoms with Gasteiger partial charge in [0, 0.05) is 35.1 Å². The Labute approximate surface area is 175 Å². The first-order chi connectivity index (χ1) is 14.2. The molecule has 5 nitrogen and oxygen atoms in total. The number of likely N-dealkylation sites (tertiary alicyclic amines) is 1. The molecule has 29 heavy (non-hydrogen) atoms. The minimum atomic E-state index is -0.190. The van der Waals surface area contributed by atoms with Gasteiger partial charge in [-0.1, -0.05) is 6.07 Å². The SMILES string of the molecule is CCOC(=O)N1CCC(c2cn(Cc3cccs3)c3ccc(OCC)cc23)CC1. The first-order valence-electron chi connectivity index (χ1n) is 10.4. The number of fused-ring (bicyclic) bond motifs is 1. The van der Waals surface area contributed by atoms with Crippen molar-refractivity contribution in [2.45, 2.75) is 39.2 Å². The lowest BCUT2D eigenvalue weighted by Crippen LogP contribution is -2.38. The number of amides is 1. The first-order valence-corrected chi connectivity index (χ1v) is 11.3. The van der Waals surface area contributed by atoms with E-state index in [9.17, 15) is 4.79 Å². The number of piperidine rings is 1. The Hall–Kier alpha value is -2.47. The molecule has 3 aromatic rings. The second-order valence-corrected chi connectivity index (χ2v) is 8.40. The Morgan fingerprint density at radius 1 is 1.17 bits per heavy atom. The van der Waals surface area contributed by atoms with Gasteiger partial charge < -0.3 is 18.9 Å². The number of rotatable bonds is 6. The summed E-state index contributed by atoms with van der Waals surface area (Å²) in [5.41, 5.74) is 2.60. The van der Waals surface area contributed by atoms with E-state index < -0.39 is 0 Å². The van der Waals surface area contributed by atoms with E-state index in [4.69, 9.17) is 9.47 Å². The standard InChI is InChI=1S/C23H28N2O3S/c1-3-27-18-7-8-22-20(14-18)21(16-25(22)15-19-6-5-13-29-19)17-9-11-24(12-10-17)23(26)28-4-2/h5-8,13-14,16-17H,3-4,9-12,15H2,1-2H3. The fraction of sp³-hybridized carbons (Fsp3) is 0.435. The van der Waals surface area contributed by atoms with E-state index in [0.29, 0.717) is 19.1 Å². The molecule has 1 aromatic carbocycles. The summed E-state index contributed by atoms with van der Waals surface area (Å²) in [5, 5.41) is 3.39. The van der Waals surface area contributed by atoms with Crippen LogP contribution in [0.3, 0.4) is 0 Å². The van der Waals surface area contributed by atoms with Gasteiger partial charge in [-0.25, -0.2) is 4.79 Å². The van der Waals surface area contributed by atoms with Gasteiger partial charge in [0.25, 0.3) is 0 Å². The molecule has 0 bridgehead atoms. The van der Waals surface area contributed by atoms with Gasteiger partial charge in [-0.2, -0.15) is 0 Å². The molecule has 0 unspecified atom stereocenters. The van der Waals surface area contributed by atoms with E-state index in [1.165, 1.54) is 21.3 Å². The highest BCUT2D eigenvalue weighted by atomic mass is 32.1. The summed E-state index contributed by atoms with van der Waals surface area (Å²) in [7, 11) is 0. The minimum absolute atomic E-state index is 0.190. The molecular weight excluding hydrogens is 384 g/mol. The minimum Gasteiger partial charge on any atom is -0.494 e. The van der Waals surface area contributed by atoms with Crippen molar-refractivity contribution in [2.24, 2.45) is 0 Å². The smallest absolute Gasteiger partial charge is 0.409 e. The van der Waals surface area contributed by atoms with Gasteiger partial charge in [0.1, 0.15) is 5.75 Å². The Morgan fingerprint density at radius 3 is 2.69 bits per heavy atom. The van der Waals surface area contributed by atoms with Crippen molar-refractivity contribution in [3.05, 3.63) is 52.3 Å². The van der Waals surface area contributed by atoms with Crippen LogP contribution in [0.4, 0.5) is 4.79 Å². The number of carbonyl (C=O) groups excluding carboxylic acids is 1. The molecule has 0 saturated carbocycles. The van der Waals surface area contributed by atoms with Crippen LogP contribution in [0.1, 0.15) is 43.0 Å². The number of benzene rings is 1. The van der Waals surface area contributed by atoms with Gasteiger partial charge in [0.15, 0.2) is 0 Å². The van der Waals surface area contributed by atoms with Crippen molar-refractivity contribution in [3.8, 4) is 5.75 Å². The molecule has 0 radical (unpaired) electrons. The van der Waals surface area contributed by atoms with E-state index in [0.717, 1.165) is 38.2 Å². The van der Waals surface area contributed by atoms with E-state index in [1.54, 1.807) is 11.3 Å². The summed E-state index contributed by atoms with van der Waals surface area (Å²) in [6.07, 6.45) is 4.03. The quantitative estimate of drug-likeness (QED) is 0.538. The highest BCUT2D eigenvalue weighted by Gasteiger charge is 2.27. The maximum atomic E-state index is 12.0. The van der Waals surface area contributed by atoms with Gasteiger partial charge in [-0.15, -0.1) is 11.3 Å². The van der Waals surface area contributed by atoms with E-state index in [1.807, 2.05) is 18.7 Å². The third kappa shape index (κ3) is 4.27. The zero-order valence-electron chi connectivity index (χ0n) is 17.1. The van der Waals surface area contributed by atoms with Crippen LogP contribution in [-0.4, -0.2) is 41.9 Å². The average molecular weight is 413 g/mol. The second kappa shape index (κ2) is 8.91. The fourth-order valence-electron chi connectivity index (χ4n) is 4.17. The van der Waals surface area contributed by atoms with Crippen molar-refractivity contribution >= 4 is 28.3 Å². The fourth-order valence-corrected chi connectivity index (χ4v) is 4.88. The number of nitrogens with zero attached hydrogens (tertiary/aromatic N) is 2. The molecule has 6 heteroatoms. The molecule has 2 aromatic heterocycles. The number of hydrogen-bond acceptors (Lipinski definition) is 4. The number of thiophene rings is 1. The molecule has 1 aliphatic heterocycles. The zero-order chi connectivity index (χ0) is 20.2. The van der Waals surface area contributed by atoms with Crippen molar-refractivity contribution in [1.82, 2.24) is 9.47 Å². The maximum absolute atomic E-state index is 12.0. The lowest BCUT2D eigenvalue weighted by Gasteiger charge is -2.31. The van der Waals surface area contributed by atoms with Gasteiger partial charge in [0.2, 0.25) is 0 Å². The first kappa shape index (κ1) is 19.8. The molecule has 1 amide bonds. The molecule has 0 spiro atoms. The Kier molecular flexibility index (Phi) is 6.09. The largest absolute Gasteiger partial charge is 0.494 e. The lowest BCUT2D eigenvalue weighted by atomic mass is 9.89. The van der Waals surface area contributed by atoms with Crippen LogP contribution < -0.4 is 4.74 Å². The molecular formula is C23H28N2O3S. The summed E-state index contributed by atoms with van der Waals surface area (Å²) in [5.74, 6) is 1.35. The van der Waals surface area contributed by atoms with E-state index >= 15 is 0 Å². The zero-order valence-corrected chi connectivity index (χ0v) is 17.9. The van der Waals surface area contributed by atoms with E-state index in [2.05, 4.69) is 46.5 Å². The van der Waals surface area contributed by atoms with Crippen molar-refractivity contribution in [3.63, 3.8) is 0 Å². The number of ether oxygens (including phenoxy) is 2. The van der Waals surface area contributed by atoms with Crippen molar-refractivity contribution in [2.75, 3.05) is 26.3 Å². The van der Waals surface area contributed by atoms with Crippen LogP contribution in [0, 0.1) is 0 Å². The highest BCUT2D eigenvalue weighted by Crippen LogP contribution is 2.36. The number of carbonyl (C=O) groups is 1. The molecule has 3 heterocycles. The molecule has 1 aliphatic rings. The molecule has 1 fully saturated rings. The number of hydrogen-bond donors (Lipinski definition) is 0. The van der Waals surface area contributed by atoms with Crippen LogP contribution in [0.2, 0.25) is 0 Å². The Bertz CT molecular complexity index is 956. The molecule has 1 saturated heterocycles. The van der Waals surface area contributed by atoms with Gasteiger partial charge in [-0.05, 0) is 67.8 Å². The summed E-state index contributed by atoms with van der Waals surface area (Å²) in [4.78, 5) is 15.2. The normalized spacial score (nSPS) is 15.0. The van der Waals surface area contributed by atoms with Crippen LogP contribution >= 0.6 is 11.3 Å². The van der Waals surface area contributed by atoms with Crippen molar-refractivity contribution in [1.29, 1.82) is 0 Å². The Balaban J connectivity index is 1.62. The van der Waals surface area contributed by atoms with Gasteiger partial charge >= 0.3 is 6.09 Å². The monoisotopic (exact) mass is 412 g/mol. The summed E-state index contributed by atoms with van der Waals surface area (Å²) in [6.45, 7) is 7.31. The third-order valence-electron chi connectivity index (χ3n) is 5.56. The molecule has 4 rings (SSSR count). The summed E-state index contributed by atoms with van der Waals surface area (Å²) in [6, 6.07) is 10.7. The van der Waals surface area contributed by atoms with Crippen molar-refractivity contribution < 1.29 is 14.3 Å². The number of aromatic nitrogens is 1. The highest BCUT2D eigenvalue weighted by molar-refractivity contribution is 7.09. The Morgan fingerprint density at radius 2 is 2.00 bits per heavy atom. The van der Waals surface area contributed by atoms with Crippen LogP contribution in [-0.2, 0) is 11.3 Å². The molecule has 0 atom stereocenters. The molecule has 0 N–H and O–H groups in total. The average Bonchev–Trinajstić information content (AvgIpc) is 3.37. The third-order valence-corrected chi connectivity index (χ3v) is 6.42. The van der Waals surface area contributed by atoms with Crippen LogP contribution in [0.15, 0.2) is 41.9 Å². The van der Waals surface area contributed by atoms with Gasteiger partial charge in [0.05, 0.1) is 19.8 Å². The molecule has 154 valence electrons. The topological polar surface area (TPSA) is 43.7 Å². The van der Waals surface area contributed by atoms with E-state index in [-0.39, 0.29) is 6.09 Å². The molecule has 0 aliphatic carbocycles. The predicted molar refractivity (Wildman–Crippen MR) is 117 cm³/mol. The lowest BCUT2D eigenvalue weighted by molar-refractivity contribution is 0.0971.